The number of hydrogen-bond donors (Lipinski definition) is 1. The number of para-hydroxylation sites is 1. The van der Waals surface area contributed by atoms with Crippen molar-refractivity contribution in [3.63, 3.8) is 0 Å². The van der Waals surface area contributed by atoms with Gasteiger partial charge in [-0.1, -0.05) is 24.3 Å². The average molecular weight is 429 g/mol. The van der Waals surface area contributed by atoms with Gasteiger partial charge < -0.3 is 14.8 Å². The van der Waals surface area contributed by atoms with Crippen LogP contribution in [0.25, 0.3) is 16.7 Å². The minimum absolute atomic E-state index is 0.0602. The van der Waals surface area contributed by atoms with Gasteiger partial charge in [0, 0.05) is 45.2 Å². The summed E-state index contributed by atoms with van der Waals surface area (Å²) in [4.78, 5) is 41.1. The van der Waals surface area contributed by atoms with E-state index in [0.29, 0.717) is 36.4 Å². The van der Waals surface area contributed by atoms with Gasteiger partial charge in [0.15, 0.2) is 5.65 Å². The quantitative estimate of drug-likeness (QED) is 0.519. The predicted octanol–water partition coefficient (Wildman–Crippen LogP) is 1.79. The number of carbonyl (C=O) groups is 1. The molecule has 32 heavy (non-hydrogen) atoms. The molecule has 4 heterocycles. The molecule has 9 heteroatoms. The van der Waals surface area contributed by atoms with Gasteiger partial charge in [-0.05, 0) is 24.3 Å². The Morgan fingerprint density at radius 2 is 1.78 bits per heavy atom. The SMILES string of the molecule is O=C(CCc1nc2c(cnn2-c2ccccc2)c(=O)[nH]1)N1CCN(c2ccccn2)CC1. The van der Waals surface area contributed by atoms with Crippen LogP contribution >= 0.6 is 0 Å². The largest absolute Gasteiger partial charge is 0.353 e. The molecule has 0 radical (unpaired) electrons. The molecule has 0 atom stereocenters. The molecule has 0 spiro atoms. The Morgan fingerprint density at radius 3 is 2.53 bits per heavy atom. The number of fused-ring (bicyclic) bond motifs is 1. The van der Waals surface area contributed by atoms with E-state index in [0.717, 1.165) is 24.6 Å². The summed E-state index contributed by atoms with van der Waals surface area (Å²) in [5.41, 5.74) is 1.07. The molecule has 1 saturated heterocycles. The number of aromatic amines is 1. The van der Waals surface area contributed by atoms with Gasteiger partial charge in [-0.25, -0.2) is 14.6 Å². The molecule has 1 aliphatic heterocycles. The summed E-state index contributed by atoms with van der Waals surface area (Å²) in [5, 5.41) is 4.74. The second-order valence-corrected chi connectivity index (χ2v) is 7.70. The van der Waals surface area contributed by atoms with Gasteiger partial charge in [-0.2, -0.15) is 5.10 Å². The maximum atomic E-state index is 12.8. The van der Waals surface area contributed by atoms with Crippen LogP contribution in [0.2, 0.25) is 0 Å². The fourth-order valence-corrected chi connectivity index (χ4v) is 3.95. The Morgan fingerprint density at radius 1 is 1.00 bits per heavy atom. The number of piperazine rings is 1. The van der Waals surface area contributed by atoms with Crippen LogP contribution in [-0.4, -0.2) is 61.7 Å². The van der Waals surface area contributed by atoms with Gasteiger partial charge in [0.25, 0.3) is 5.56 Å². The lowest BCUT2D eigenvalue weighted by molar-refractivity contribution is -0.131. The van der Waals surface area contributed by atoms with E-state index in [1.165, 1.54) is 6.20 Å². The lowest BCUT2D eigenvalue weighted by atomic mass is 10.2. The number of carbonyl (C=O) groups excluding carboxylic acids is 1. The Kier molecular flexibility index (Phi) is 5.37. The van der Waals surface area contributed by atoms with E-state index in [2.05, 4.69) is 25.0 Å². The fourth-order valence-electron chi connectivity index (χ4n) is 3.95. The second-order valence-electron chi connectivity index (χ2n) is 7.70. The second kappa shape index (κ2) is 8.62. The van der Waals surface area contributed by atoms with Crippen molar-refractivity contribution in [3.8, 4) is 5.69 Å². The van der Waals surface area contributed by atoms with Crippen LogP contribution in [0.1, 0.15) is 12.2 Å². The number of pyridine rings is 1. The first kappa shape index (κ1) is 19.9. The lowest BCUT2D eigenvalue weighted by Crippen LogP contribution is -2.49. The third-order valence-electron chi connectivity index (χ3n) is 5.67. The van der Waals surface area contributed by atoms with Gasteiger partial charge in [-0.3, -0.25) is 9.59 Å². The number of rotatable bonds is 5. The Bertz CT molecular complexity index is 1280. The molecule has 1 amide bonds. The van der Waals surface area contributed by atoms with Crippen LogP contribution in [0.3, 0.4) is 0 Å². The highest BCUT2D eigenvalue weighted by molar-refractivity contribution is 5.77. The highest BCUT2D eigenvalue weighted by atomic mass is 16.2. The Labute approximate surface area is 184 Å². The number of hydrogen-bond acceptors (Lipinski definition) is 6. The van der Waals surface area contributed by atoms with E-state index in [1.807, 2.05) is 53.4 Å². The molecule has 5 rings (SSSR count). The van der Waals surface area contributed by atoms with Crippen LogP contribution in [0.4, 0.5) is 5.82 Å². The van der Waals surface area contributed by atoms with Crippen molar-refractivity contribution >= 4 is 22.8 Å². The minimum Gasteiger partial charge on any atom is -0.353 e. The number of aromatic nitrogens is 5. The number of nitrogens with zero attached hydrogens (tertiary/aromatic N) is 6. The highest BCUT2D eigenvalue weighted by Crippen LogP contribution is 2.15. The summed E-state index contributed by atoms with van der Waals surface area (Å²) < 4.78 is 1.65. The zero-order valence-electron chi connectivity index (χ0n) is 17.5. The van der Waals surface area contributed by atoms with E-state index in [1.54, 1.807) is 10.9 Å². The van der Waals surface area contributed by atoms with Gasteiger partial charge in [0.1, 0.15) is 17.0 Å². The van der Waals surface area contributed by atoms with Gasteiger partial charge in [0.2, 0.25) is 5.91 Å². The molecule has 1 aliphatic rings. The van der Waals surface area contributed by atoms with E-state index in [4.69, 9.17) is 0 Å². The first-order valence-electron chi connectivity index (χ1n) is 10.6. The molecule has 162 valence electrons. The van der Waals surface area contributed by atoms with Crippen LogP contribution in [0.5, 0.6) is 0 Å². The Hall–Kier alpha value is -4.01. The number of nitrogens with one attached hydrogen (secondary N) is 1. The molecule has 1 fully saturated rings. The molecule has 0 aliphatic carbocycles. The molecule has 0 bridgehead atoms. The van der Waals surface area contributed by atoms with Crippen LogP contribution < -0.4 is 10.5 Å². The number of amides is 1. The van der Waals surface area contributed by atoms with Crippen molar-refractivity contribution in [3.05, 3.63) is 77.1 Å². The number of H-pyrrole nitrogens is 1. The normalized spacial score (nSPS) is 14.1. The number of aryl methyl sites for hydroxylation is 1. The van der Waals surface area contributed by atoms with Gasteiger partial charge >= 0.3 is 0 Å². The summed E-state index contributed by atoms with van der Waals surface area (Å²) in [6.07, 6.45) is 3.95. The smallest absolute Gasteiger partial charge is 0.262 e. The Balaban J connectivity index is 1.25. The van der Waals surface area contributed by atoms with Gasteiger partial charge in [-0.15, -0.1) is 0 Å². The summed E-state index contributed by atoms with van der Waals surface area (Å²) >= 11 is 0. The number of anilines is 1. The van der Waals surface area contributed by atoms with E-state index in [-0.39, 0.29) is 17.9 Å². The lowest BCUT2D eigenvalue weighted by Gasteiger charge is -2.35. The summed E-state index contributed by atoms with van der Waals surface area (Å²) in [6.45, 7) is 2.80. The van der Waals surface area contributed by atoms with Crippen LogP contribution in [-0.2, 0) is 11.2 Å². The van der Waals surface area contributed by atoms with Crippen LogP contribution in [0, 0.1) is 0 Å². The van der Waals surface area contributed by atoms with E-state index < -0.39 is 0 Å². The van der Waals surface area contributed by atoms with Crippen molar-refractivity contribution in [2.75, 3.05) is 31.1 Å². The van der Waals surface area contributed by atoms with E-state index >= 15 is 0 Å². The molecule has 0 unspecified atom stereocenters. The predicted molar refractivity (Wildman–Crippen MR) is 121 cm³/mol. The molecule has 0 saturated carbocycles. The molecular weight excluding hydrogens is 406 g/mol. The van der Waals surface area contributed by atoms with Crippen LogP contribution in [0.15, 0.2) is 65.7 Å². The summed E-state index contributed by atoms with van der Waals surface area (Å²) in [7, 11) is 0. The molecular formula is C23H23N7O2. The zero-order valence-corrected chi connectivity index (χ0v) is 17.5. The molecule has 4 aromatic rings. The zero-order chi connectivity index (χ0) is 21.9. The fraction of sp³-hybridized carbons (Fsp3) is 0.261. The first-order valence-corrected chi connectivity index (χ1v) is 10.6. The highest BCUT2D eigenvalue weighted by Gasteiger charge is 2.22. The maximum Gasteiger partial charge on any atom is 0.262 e. The monoisotopic (exact) mass is 429 g/mol. The molecule has 1 aromatic carbocycles. The van der Waals surface area contributed by atoms with Crippen molar-refractivity contribution < 1.29 is 4.79 Å². The summed E-state index contributed by atoms with van der Waals surface area (Å²) in [6, 6.07) is 15.4. The molecule has 1 N–H and O–H groups in total. The topological polar surface area (TPSA) is 100 Å². The summed E-state index contributed by atoms with van der Waals surface area (Å²) in [5.74, 6) is 1.48. The first-order chi connectivity index (χ1) is 15.7. The third kappa shape index (κ3) is 3.96. The van der Waals surface area contributed by atoms with Crippen molar-refractivity contribution in [1.29, 1.82) is 0 Å². The maximum absolute atomic E-state index is 12.8. The van der Waals surface area contributed by atoms with Crippen molar-refractivity contribution in [1.82, 2.24) is 29.6 Å². The van der Waals surface area contributed by atoms with E-state index in [9.17, 15) is 9.59 Å². The van der Waals surface area contributed by atoms with Crippen molar-refractivity contribution in [2.24, 2.45) is 0 Å². The molecule has 9 nitrogen and oxygen atoms in total. The van der Waals surface area contributed by atoms with Gasteiger partial charge in [0.05, 0.1) is 11.9 Å². The molecule has 3 aromatic heterocycles. The standard InChI is InChI=1S/C23H23N7O2/c31-21(29-14-12-28(13-15-29)20-8-4-5-11-24-20)10-9-19-26-22-18(23(32)27-19)16-25-30(22)17-6-2-1-3-7-17/h1-8,11,16H,9-10,12-15H2,(H,26,27,32). The average Bonchev–Trinajstić information content (AvgIpc) is 3.28. The number of benzene rings is 1. The third-order valence-corrected chi connectivity index (χ3v) is 5.67. The van der Waals surface area contributed by atoms with Crippen molar-refractivity contribution in [2.45, 2.75) is 12.8 Å². The minimum atomic E-state index is -0.247.